The fourth-order valence-corrected chi connectivity index (χ4v) is 9.14. The summed E-state index contributed by atoms with van der Waals surface area (Å²) >= 11 is 7.99. The van der Waals surface area contributed by atoms with Crippen LogP contribution in [0.1, 0.15) is 0 Å². The first-order valence-corrected chi connectivity index (χ1v) is 19.8. The number of rotatable bonds is 5. The van der Waals surface area contributed by atoms with Gasteiger partial charge < -0.3 is 0 Å². The molecular formula is C52H32Br2. The fourth-order valence-electron chi connectivity index (χ4n) is 7.99. The Morgan fingerprint density at radius 3 is 0.648 bits per heavy atom. The average Bonchev–Trinajstić information content (AvgIpc) is 3.22. The minimum atomic E-state index is 1.07. The van der Waals surface area contributed by atoms with Crippen molar-refractivity contribution in [2.45, 2.75) is 0 Å². The monoisotopic (exact) mass is 814 g/mol. The van der Waals surface area contributed by atoms with Crippen LogP contribution in [0.2, 0.25) is 0 Å². The molecule has 0 bridgehead atoms. The van der Waals surface area contributed by atoms with Gasteiger partial charge in [0.25, 0.3) is 0 Å². The van der Waals surface area contributed by atoms with E-state index < -0.39 is 0 Å². The molecule has 0 heterocycles. The lowest BCUT2D eigenvalue weighted by Crippen LogP contribution is -1.89. The van der Waals surface area contributed by atoms with Gasteiger partial charge in [0, 0.05) is 8.95 Å². The van der Waals surface area contributed by atoms with Gasteiger partial charge in [-0.3, -0.25) is 0 Å². The zero-order valence-corrected chi connectivity index (χ0v) is 32.4. The van der Waals surface area contributed by atoms with Crippen molar-refractivity contribution in [3.8, 4) is 55.6 Å². The van der Waals surface area contributed by atoms with Gasteiger partial charge in [0.15, 0.2) is 0 Å². The van der Waals surface area contributed by atoms with Crippen LogP contribution in [0, 0.1) is 0 Å². The molecule has 0 spiro atoms. The summed E-state index contributed by atoms with van der Waals surface area (Å²) in [7, 11) is 0. The van der Waals surface area contributed by atoms with E-state index in [4.69, 9.17) is 0 Å². The Balaban J connectivity index is 1.12. The summed E-state index contributed by atoms with van der Waals surface area (Å²) in [6.07, 6.45) is 0. The molecule has 0 N–H and O–H groups in total. The first-order chi connectivity index (χ1) is 26.6. The second-order valence-electron chi connectivity index (χ2n) is 14.0. The van der Waals surface area contributed by atoms with Crippen molar-refractivity contribution in [3.05, 3.63) is 203 Å². The highest BCUT2D eigenvalue weighted by atomic mass is 79.9. The Morgan fingerprint density at radius 2 is 0.407 bits per heavy atom. The molecule has 2 heteroatoms. The van der Waals surface area contributed by atoms with Crippen LogP contribution in [0.15, 0.2) is 203 Å². The molecule has 0 saturated carbocycles. The molecule has 0 aliphatic heterocycles. The standard InChI is InChI=1S/C52H32Br2/c53-51-31-43-23-39-27-47(35-17-9-3-10-18-35)45(33-13-5-1-6-14-33)25-37(39)21-41(43)29-49(51)50-30-42-22-38-26-46(34-15-7-2-8-16-34)48(36-19-11-4-12-20-36)28-40(38)24-44(42)32-52(50)54/h1-32H. The predicted molar refractivity (Wildman–Crippen MR) is 239 cm³/mol. The van der Waals surface area contributed by atoms with Crippen molar-refractivity contribution in [1.82, 2.24) is 0 Å². The number of fused-ring (bicyclic) bond motifs is 4. The summed E-state index contributed by atoms with van der Waals surface area (Å²) in [4.78, 5) is 0. The molecule has 54 heavy (non-hydrogen) atoms. The molecule has 254 valence electrons. The van der Waals surface area contributed by atoms with Crippen LogP contribution in [0.3, 0.4) is 0 Å². The maximum absolute atomic E-state index is 3.99. The van der Waals surface area contributed by atoms with Gasteiger partial charge in [-0.1, -0.05) is 153 Å². The van der Waals surface area contributed by atoms with Gasteiger partial charge in [-0.25, -0.2) is 0 Å². The largest absolute Gasteiger partial charge is 0.0622 e. The van der Waals surface area contributed by atoms with Crippen LogP contribution in [0.25, 0.3) is 98.7 Å². The lowest BCUT2D eigenvalue weighted by Gasteiger charge is -2.16. The Morgan fingerprint density at radius 1 is 0.204 bits per heavy atom. The third-order valence-corrected chi connectivity index (χ3v) is 12.0. The summed E-state index contributed by atoms with van der Waals surface area (Å²) < 4.78 is 2.14. The van der Waals surface area contributed by atoms with Gasteiger partial charge in [0.2, 0.25) is 0 Å². The molecule has 0 aliphatic rings. The van der Waals surface area contributed by atoms with Crippen LogP contribution in [0.5, 0.6) is 0 Å². The highest BCUT2D eigenvalue weighted by Gasteiger charge is 2.16. The molecule has 0 aromatic heterocycles. The molecule has 0 saturated heterocycles. The van der Waals surface area contributed by atoms with E-state index in [1.54, 1.807) is 0 Å². The van der Waals surface area contributed by atoms with Gasteiger partial charge in [-0.05, 0) is 172 Å². The minimum Gasteiger partial charge on any atom is -0.0622 e. The number of hydrogen-bond acceptors (Lipinski definition) is 0. The third kappa shape index (κ3) is 5.93. The van der Waals surface area contributed by atoms with Crippen molar-refractivity contribution in [3.63, 3.8) is 0 Å². The van der Waals surface area contributed by atoms with Gasteiger partial charge >= 0.3 is 0 Å². The normalized spacial score (nSPS) is 11.5. The lowest BCUT2D eigenvalue weighted by molar-refractivity contribution is 1.60. The van der Waals surface area contributed by atoms with Crippen LogP contribution in [-0.2, 0) is 0 Å². The smallest absolute Gasteiger partial charge is 0.0260 e. The van der Waals surface area contributed by atoms with Crippen molar-refractivity contribution < 1.29 is 0 Å². The number of benzene rings is 10. The van der Waals surface area contributed by atoms with E-state index in [0.29, 0.717) is 0 Å². The summed E-state index contributed by atoms with van der Waals surface area (Å²) in [5, 5.41) is 9.72. The molecule has 0 aliphatic carbocycles. The van der Waals surface area contributed by atoms with Crippen LogP contribution in [0.4, 0.5) is 0 Å². The van der Waals surface area contributed by atoms with Crippen LogP contribution >= 0.6 is 31.9 Å². The van der Waals surface area contributed by atoms with Crippen molar-refractivity contribution in [1.29, 1.82) is 0 Å². The van der Waals surface area contributed by atoms with E-state index in [-0.39, 0.29) is 0 Å². The Labute approximate surface area is 331 Å². The first-order valence-electron chi connectivity index (χ1n) is 18.2. The van der Waals surface area contributed by atoms with E-state index in [1.807, 2.05) is 0 Å². The molecule has 10 rings (SSSR count). The summed E-state index contributed by atoms with van der Waals surface area (Å²) in [5.41, 5.74) is 12.1. The Hall–Kier alpha value is -5.80. The lowest BCUT2D eigenvalue weighted by atomic mass is 9.89. The van der Waals surface area contributed by atoms with Crippen LogP contribution in [-0.4, -0.2) is 0 Å². The predicted octanol–water partition coefficient (Wildman–Crippen LogP) is 16.2. The number of hydrogen-bond donors (Lipinski definition) is 0. The van der Waals surface area contributed by atoms with Crippen LogP contribution < -0.4 is 0 Å². The molecule has 10 aromatic carbocycles. The molecular weight excluding hydrogens is 784 g/mol. The topological polar surface area (TPSA) is 0 Å². The molecule has 10 aromatic rings. The summed E-state index contributed by atoms with van der Waals surface area (Å²) in [5.74, 6) is 0. The van der Waals surface area contributed by atoms with Gasteiger partial charge in [-0.15, -0.1) is 0 Å². The minimum absolute atomic E-state index is 1.07. The molecule has 0 unspecified atom stereocenters. The highest BCUT2D eigenvalue weighted by molar-refractivity contribution is 9.11. The Bertz CT molecular complexity index is 2810. The highest BCUT2D eigenvalue weighted by Crippen LogP contribution is 2.43. The van der Waals surface area contributed by atoms with Crippen molar-refractivity contribution >= 4 is 74.9 Å². The number of halogens is 2. The second kappa shape index (κ2) is 13.6. The molecule has 0 fully saturated rings. The zero-order chi connectivity index (χ0) is 36.2. The quantitative estimate of drug-likeness (QED) is 0.152. The van der Waals surface area contributed by atoms with E-state index >= 15 is 0 Å². The van der Waals surface area contributed by atoms with Gasteiger partial charge in [0.1, 0.15) is 0 Å². The zero-order valence-electron chi connectivity index (χ0n) is 29.2. The molecule has 0 nitrogen and oxygen atoms in total. The average molecular weight is 817 g/mol. The molecule has 0 atom stereocenters. The Kier molecular flexibility index (Phi) is 8.24. The summed E-state index contributed by atoms with van der Waals surface area (Å²) in [6.45, 7) is 0. The van der Waals surface area contributed by atoms with E-state index in [1.165, 1.54) is 87.6 Å². The first kappa shape index (κ1) is 32.8. The van der Waals surface area contributed by atoms with E-state index in [0.717, 1.165) is 20.1 Å². The SMILES string of the molecule is Brc1cc2cc3cc(-c4ccccc4)c(-c4ccccc4)cc3cc2cc1-c1cc2cc3cc(-c4ccccc4)c(-c4ccccc4)cc3cc2cc1Br. The van der Waals surface area contributed by atoms with Crippen molar-refractivity contribution in [2.75, 3.05) is 0 Å². The summed E-state index contributed by atoms with van der Waals surface area (Å²) in [6, 6.07) is 70.8. The third-order valence-electron chi connectivity index (χ3n) is 10.7. The molecule has 0 amide bonds. The van der Waals surface area contributed by atoms with E-state index in [2.05, 4.69) is 226 Å². The van der Waals surface area contributed by atoms with Gasteiger partial charge in [0.05, 0.1) is 0 Å². The molecule has 0 radical (unpaired) electrons. The van der Waals surface area contributed by atoms with Gasteiger partial charge in [-0.2, -0.15) is 0 Å². The van der Waals surface area contributed by atoms with Crippen molar-refractivity contribution in [2.24, 2.45) is 0 Å². The fraction of sp³-hybridized carbons (Fsp3) is 0. The maximum Gasteiger partial charge on any atom is 0.0260 e. The second-order valence-corrected chi connectivity index (χ2v) is 15.7. The maximum atomic E-state index is 3.99. The van der Waals surface area contributed by atoms with E-state index in [9.17, 15) is 0 Å².